The molecule has 1 heterocycles. The van der Waals surface area contributed by atoms with E-state index in [0.717, 1.165) is 12.1 Å². The molecule has 0 aliphatic carbocycles. The molecule has 0 unspecified atom stereocenters. The van der Waals surface area contributed by atoms with E-state index in [-0.39, 0.29) is 17.3 Å². The first kappa shape index (κ1) is 18.6. The van der Waals surface area contributed by atoms with Crippen LogP contribution in [0.15, 0.2) is 26.9 Å². The number of amides is 2. The second-order valence-electron chi connectivity index (χ2n) is 4.47. The molecule has 2 rings (SSSR count). The Kier molecular flexibility index (Phi) is 6.52. The minimum Gasteiger partial charge on any atom is -0.369 e. The van der Waals surface area contributed by atoms with Crippen LogP contribution >= 0.6 is 34.9 Å². The number of aromatic nitrogens is 2. The fourth-order valence-corrected chi connectivity index (χ4v) is 4.36. The van der Waals surface area contributed by atoms with Crippen molar-refractivity contribution in [2.45, 2.75) is 20.9 Å². The van der Waals surface area contributed by atoms with Gasteiger partial charge < -0.3 is 11.1 Å². The average molecular weight is 390 g/mol. The predicted molar refractivity (Wildman–Crippen MR) is 90.1 cm³/mol. The molecule has 0 saturated heterocycles. The lowest BCUT2D eigenvalue weighted by Gasteiger charge is -2.10. The summed E-state index contributed by atoms with van der Waals surface area (Å²) in [4.78, 5) is 22.8. The van der Waals surface area contributed by atoms with Crippen LogP contribution in [-0.2, 0) is 9.59 Å². The Labute approximate surface area is 148 Å². The lowest BCUT2D eigenvalue weighted by Crippen LogP contribution is -2.22. The van der Waals surface area contributed by atoms with Gasteiger partial charge in [-0.2, -0.15) is 0 Å². The maximum atomic E-state index is 13.1. The summed E-state index contributed by atoms with van der Waals surface area (Å²) >= 11 is 3.58. The number of halogens is 2. The molecule has 0 aliphatic rings. The summed E-state index contributed by atoms with van der Waals surface area (Å²) in [5, 5.41) is 9.78. The molecule has 1 aromatic carbocycles. The number of rotatable bonds is 7. The van der Waals surface area contributed by atoms with Crippen molar-refractivity contribution in [1.82, 2.24) is 10.2 Å². The van der Waals surface area contributed by atoms with Crippen molar-refractivity contribution in [3.8, 4) is 0 Å². The lowest BCUT2D eigenvalue weighted by atomic mass is 10.3. The second kappa shape index (κ2) is 8.40. The van der Waals surface area contributed by atoms with Gasteiger partial charge in [-0.1, -0.05) is 34.9 Å². The maximum Gasteiger partial charge on any atom is 0.237 e. The summed E-state index contributed by atoms with van der Waals surface area (Å²) < 4.78 is 27.1. The van der Waals surface area contributed by atoms with Crippen LogP contribution in [-0.4, -0.2) is 33.0 Å². The second-order valence-corrected chi connectivity index (χ2v) is 8.25. The first-order valence-electron chi connectivity index (χ1n) is 6.52. The maximum absolute atomic E-state index is 13.1. The molecule has 2 amide bonds. The van der Waals surface area contributed by atoms with E-state index in [1.165, 1.54) is 40.9 Å². The number of thioether (sulfide) groups is 2. The number of primary amides is 1. The van der Waals surface area contributed by atoms with Gasteiger partial charge in [-0.25, -0.2) is 8.78 Å². The standard InChI is InChI=1S/C13H12F2N4O2S3/c1-6(11(21)17-7-2-3-8(14)9(15)4-7)23-13-19-18-12(24-13)22-5-10(16)20/h2-4,6H,5H2,1H3,(H2,16,20)(H,17,21)/t6-/m1/s1. The summed E-state index contributed by atoms with van der Waals surface area (Å²) in [5.74, 6) is -2.75. The lowest BCUT2D eigenvalue weighted by molar-refractivity contribution is -0.116. The van der Waals surface area contributed by atoms with E-state index in [1.807, 2.05) is 0 Å². The summed E-state index contributed by atoms with van der Waals surface area (Å²) in [5.41, 5.74) is 5.22. The minimum absolute atomic E-state index is 0.103. The number of benzene rings is 1. The van der Waals surface area contributed by atoms with E-state index in [9.17, 15) is 18.4 Å². The molecule has 0 spiro atoms. The van der Waals surface area contributed by atoms with Crippen molar-refractivity contribution >= 4 is 52.4 Å². The van der Waals surface area contributed by atoms with Crippen LogP contribution in [0.4, 0.5) is 14.5 Å². The molecule has 128 valence electrons. The van der Waals surface area contributed by atoms with E-state index < -0.39 is 22.8 Å². The number of carbonyl (C=O) groups is 2. The zero-order chi connectivity index (χ0) is 17.7. The quantitative estimate of drug-likeness (QED) is 0.705. The van der Waals surface area contributed by atoms with Crippen LogP contribution in [0.1, 0.15) is 6.92 Å². The van der Waals surface area contributed by atoms with E-state index in [4.69, 9.17) is 5.73 Å². The van der Waals surface area contributed by atoms with Gasteiger partial charge in [-0.15, -0.1) is 10.2 Å². The Bertz CT molecular complexity index is 757. The number of carbonyl (C=O) groups excluding carboxylic acids is 2. The van der Waals surface area contributed by atoms with Gasteiger partial charge in [0.2, 0.25) is 11.8 Å². The third kappa shape index (κ3) is 5.42. The highest BCUT2D eigenvalue weighted by molar-refractivity contribution is 8.04. The first-order valence-corrected chi connectivity index (χ1v) is 9.20. The monoisotopic (exact) mass is 390 g/mol. The largest absolute Gasteiger partial charge is 0.369 e. The van der Waals surface area contributed by atoms with Crippen LogP contribution < -0.4 is 11.1 Å². The molecular weight excluding hydrogens is 378 g/mol. The Morgan fingerprint density at radius 3 is 2.67 bits per heavy atom. The summed E-state index contributed by atoms with van der Waals surface area (Å²) in [6.07, 6.45) is 0. The van der Waals surface area contributed by atoms with Crippen molar-refractivity contribution in [3.63, 3.8) is 0 Å². The van der Waals surface area contributed by atoms with Crippen LogP contribution in [0.3, 0.4) is 0 Å². The van der Waals surface area contributed by atoms with E-state index >= 15 is 0 Å². The highest BCUT2D eigenvalue weighted by atomic mass is 32.2. The minimum atomic E-state index is -1.03. The number of hydrogen-bond donors (Lipinski definition) is 2. The zero-order valence-electron chi connectivity index (χ0n) is 12.3. The van der Waals surface area contributed by atoms with Gasteiger partial charge >= 0.3 is 0 Å². The topological polar surface area (TPSA) is 98.0 Å². The average Bonchev–Trinajstić information content (AvgIpc) is 2.96. The third-order valence-corrected chi connectivity index (χ3v) is 5.82. The number of hydrogen-bond acceptors (Lipinski definition) is 7. The van der Waals surface area contributed by atoms with Crippen molar-refractivity contribution in [1.29, 1.82) is 0 Å². The van der Waals surface area contributed by atoms with Crippen molar-refractivity contribution in [2.75, 3.05) is 11.1 Å². The zero-order valence-corrected chi connectivity index (χ0v) is 14.7. The van der Waals surface area contributed by atoms with Crippen LogP contribution in [0.2, 0.25) is 0 Å². The highest BCUT2D eigenvalue weighted by Gasteiger charge is 2.18. The molecule has 0 saturated carbocycles. The molecule has 11 heteroatoms. The van der Waals surface area contributed by atoms with Crippen LogP contribution in [0, 0.1) is 11.6 Å². The third-order valence-electron chi connectivity index (χ3n) is 2.56. The molecule has 3 N–H and O–H groups in total. The van der Waals surface area contributed by atoms with E-state index in [0.29, 0.717) is 8.68 Å². The smallest absolute Gasteiger partial charge is 0.237 e. The molecule has 2 aromatic rings. The van der Waals surface area contributed by atoms with Crippen LogP contribution in [0.25, 0.3) is 0 Å². The fraction of sp³-hybridized carbons (Fsp3) is 0.231. The van der Waals surface area contributed by atoms with Crippen molar-refractivity contribution < 1.29 is 18.4 Å². The van der Waals surface area contributed by atoms with Gasteiger partial charge in [0.15, 0.2) is 20.3 Å². The number of nitrogens with one attached hydrogen (secondary N) is 1. The van der Waals surface area contributed by atoms with Gasteiger partial charge in [0.1, 0.15) is 0 Å². The Morgan fingerprint density at radius 2 is 2.00 bits per heavy atom. The predicted octanol–water partition coefficient (Wildman–Crippen LogP) is 2.51. The fourth-order valence-electron chi connectivity index (χ4n) is 1.46. The van der Waals surface area contributed by atoms with Gasteiger partial charge in [-0.05, 0) is 19.1 Å². The molecule has 1 aromatic heterocycles. The van der Waals surface area contributed by atoms with Crippen molar-refractivity contribution in [2.24, 2.45) is 5.73 Å². The molecular formula is C13H12F2N4O2S3. The SMILES string of the molecule is C[C@@H](Sc1nnc(SCC(N)=O)s1)C(=O)Nc1ccc(F)c(F)c1. The number of nitrogens with two attached hydrogens (primary N) is 1. The molecule has 24 heavy (non-hydrogen) atoms. The Balaban J connectivity index is 1.91. The Hall–Kier alpha value is -1.72. The van der Waals surface area contributed by atoms with Crippen molar-refractivity contribution in [3.05, 3.63) is 29.8 Å². The number of anilines is 1. The summed E-state index contributed by atoms with van der Waals surface area (Å²) in [6.45, 7) is 1.65. The summed E-state index contributed by atoms with van der Waals surface area (Å²) in [7, 11) is 0. The van der Waals surface area contributed by atoms with Gasteiger partial charge in [0.25, 0.3) is 0 Å². The molecule has 6 nitrogen and oxygen atoms in total. The van der Waals surface area contributed by atoms with Gasteiger partial charge in [-0.3, -0.25) is 9.59 Å². The number of nitrogens with zero attached hydrogens (tertiary/aromatic N) is 2. The van der Waals surface area contributed by atoms with Crippen LogP contribution in [0.5, 0.6) is 0 Å². The normalized spacial score (nSPS) is 12.0. The van der Waals surface area contributed by atoms with Gasteiger partial charge in [0.05, 0.1) is 11.0 Å². The highest BCUT2D eigenvalue weighted by Crippen LogP contribution is 2.31. The molecule has 1 atom stereocenters. The van der Waals surface area contributed by atoms with Gasteiger partial charge in [0, 0.05) is 11.8 Å². The first-order chi connectivity index (χ1) is 11.3. The molecule has 0 bridgehead atoms. The molecule has 0 radical (unpaired) electrons. The Morgan fingerprint density at radius 1 is 1.29 bits per heavy atom. The van der Waals surface area contributed by atoms with E-state index in [1.54, 1.807) is 6.92 Å². The summed E-state index contributed by atoms with van der Waals surface area (Å²) in [6, 6.07) is 3.13. The molecule has 0 aliphatic heterocycles. The molecule has 0 fully saturated rings. The van der Waals surface area contributed by atoms with E-state index in [2.05, 4.69) is 15.5 Å².